The van der Waals surface area contributed by atoms with Crippen molar-refractivity contribution < 1.29 is 14.6 Å². The maximum atomic E-state index is 10.6. The number of carbonyl (C=O) groups is 1. The van der Waals surface area contributed by atoms with E-state index in [9.17, 15) is 4.79 Å². The molecule has 0 bridgehead atoms. The van der Waals surface area contributed by atoms with Gasteiger partial charge in [-0.25, -0.2) is 4.98 Å². The van der Waals surface area contributed by atoms with Gasteiger partial charge in [0, 0.05) is 6.07 Å². The Labute approximate surface area is 109 Å². The zero-order valence-corrected chi connectivity index (χ0v) is 9.91. The van der Waals surface area contributed by atoms with Crippen LogP contribution in [0.1, 0.15) is 11.3 Å². The largest absolute Gasteiger partial charge is 0.481 e. The van der Waals surface area contributed by atoms with Crippen LogP contribution in [0.15, 0.2) is 42.5 Å². The summed E-state index contributed by atoms with van der Waals surface area (Å²) in [7, 11) is 0. The Hall–Kier alpha value is -2.87. The van der Waals surface area contributed by atoms with Crippen LogP contribution in [0.5, 0.6) is 11.6 Å². The molecule has 1 aromatic carbocycles. The third-order valence-corrected chi connectivity index (χ3v) is 2.31. The highest BCUT2D eigenvalue weighted by Crippen LogP contribution is 2.20. The van der Waals surface area contributed by atoms with Crippen molar-refractivity contribution in [2.75, 3.05) is 0 Å². The van der Waals surface area contributed by atoms with Crippen LogP contribution in [0.3, 0.4) is 0 Å². The molecule has 94 valence electrons. The lowest BCUT2D eigenvalue weighted by Gasteiger charge is -2.06. The van der Waals surface area contributed by atoms with Gasteiger partial charge in [-0.05, 0) is 23.8 Å². The van der Waals surface area contributed by atoms with Gasteiger partial charge < -0.3 is 9.84 Å². The van der Waals surface area contributed by atoms with Crippen LogP contribution in [0.4, 0.5) is 0 Å². The monoisotopic (exact) mass is 254 g/mol. The first-order valence-electron chi connectivity index (χ1n) is 5.53. The number of nitrogens with zero attached hydrogens (tertiary/aromatic N) is 2. The summed E-state index contributed by atoms with van der Waals surface area (Å²) in [5.74, 6) is -0.116. The molecule has 0 aliphatic rings. The van der Waals surface area contributed by atoms with Gasteiger partial charge in [0.15, 0.2) is 0 Å². The highest BCUT2D eigenvalue weighted by Gasteiger charge is 2.04. The number of carboxylic acid groups (broad SMARTS) is 1. The number of ether oxygens (including phenoxy) is 1. The lowest BCUT2D eigenvalue weighted by Crippen LogP contribution is -2.00. The second-order valence-electron chi connectivity index (χ2n) is 3.79. The molecule has 1 N–H and O–H groups in total. The van der Waals surface area contributed by atoms with Crippen molar-refractivity contribution in [2.45, 2.75) is 6.42 Å². The zero-order chi connectivity index (χ0) is 13.7. The van der Waals surface area contributed by atoms with Gasteiger partial charge in [-0.3, -0.25) is 4.79 Å². The smallest absolute Gasteiger partial charge is 0.307 e. The highest BCUT2D eigenvalue weighted by atomic mass is 16.5. The summed E-state index contributed by atoms with van der Waals surface area (Å²) in [6.45, 7) is 0. The first-order valence-corrected chi connectivity index (χ1v) is 5.53. The number of rotatable bonds is 4. The van der Waals surface area contributed by atoms with E-state index in [-0.39, 0.29) is 12.1 Å². The molecular weight excluding hydrogens is 244 g/mol. The maximum Gasteiger partial charge on any atom is 0.307 e. The number of pyridine rings is 1. The van der Waals surface area contributed by atoms with Gasteiger partial charge in [-0.1, -0.05) is 18.2 Å². The van der Waals surface area contributed by atoms with E-state index in [1.54, 1.807) is 42.5 Å². The quantitative estimate of drug-likeness (QED) is 0.905. The standard InChI is InChI=1S/C14H10N2O3/c15-9-11-4-2-6-13(16-11)19-12-5-1-3-10(7-12)8-14(17)18/h1-7H,8H2,(H,17,18). The lowest BCUT2D eigenvalue weighted by atomic mass is 10.1. The normalized spacial score (nSPS) is 9.63. The zero-order valence-electron chi connectivity index (χ0n) is 9.91. The van der Waals surface area contributed by atoms with Crippen molar-refractivity contribution in [1.29, 1.82) is 5.26 Å². The van der Waals surface area contributed by atoms with Gasteiger partial charge in [-0.15, -0.1) is 0 Å². The van der Waals surface area contributed by atoms with E-state index in [0.717, 1.165) is 0 Å². The van der Waals surface area contributed by atoms with Gasteiger partial charge in [0.25, 0.3) is 0 Å². The van der Waals surface area contributed by atoms with Crippen LogP contribution in [0.2, 0.25) is 0 Å². The van der Waals surface area contributed by atoms with Crippen molar-refractivity contribution in [3.05, 3.63) is 53.7 Å². The summed E-state index contributed by atoms with van der Waals surface area (Å²) >= 11 is 0. The van der Waals surface area contributed by atoms with E-state index >= 15 is 0 Å². The molecule has 5 nitrogen and oxygen atoms in total. The Morgan fingerprint density at radius 3 is 2.84 bits per heavy atom. The average molecular weight is 254 g/mol. The minimum absolute atomic E-state index is 0.0666. The number of hydrogen-bond donors (Lipinski definition) is 1. The topological polar surface area (TPSA) is 83.2 Å². The van der Waals surface area contributed by atoms with E-state index in [1.807, 2.05) is 6.07 Å². The molecule has 1 aromatic heterocycles. The maximum absolute atomic E-state index is 10.6. The molecule has 0 unspecified atom stereocenters. The second kappa shape index (κ2) is 5.65. The fourth-order valence-corrected chi connectivity index (χ4v) is 1.55. The molecule has 19 heavy (non-hydrogen) atoms. The molecule has 0 radical (unpaired) electrons. The van der Waals surface area contributed by atoms with E-state index in [1.165, 1.54) is 0 Å². The Morgan fingerprint density at radius 1 is 1.32 bits per heavy atom. The molecular formula is C14H10N2O3. The molecule has 0 aliphatic carbocycles. The lowest BCUT2D eigenvalue weighted by molar-refractivity contribution is -0.136. The molecule has 0 saturated heterocycles. The minimum atomic E-state index is -0.901. The Balaban J connectivity index is 2.18. The Bertz CT molecular complexity index is 647. The Kier molecular flexibility index (Phi) is 3.74. The van der Waals surface area contributed by atoms with Gasteiger partial charge in [-0.2, -0.15) is 5.26 Å². The van der Waals surface area contributed by atoms with Crippen molar-refractivity contribution >= 4 is 5.97 Å². The fourth-order valence-electron chi connectivity index (χ4n) is 1.55. The van der Waals surface area contributed by atoms with E-state index in [2.05, 4.69) is 4.98 Å². The van der Waals surface area contributed by atoms with Gasteiger partial charge >= 0.3 is 5.97 Å². The molecule has 0 amide bonds. The highest BCUT2D eigenvalue weighted by molar-refractivity contribution is 5.70. The molecule has 0 saturated carbocycles. The number of aliphatic carboxylic acids is 1. The summed E-state index contributed by atoms with van der Waals surface area (Å²) in [6, 6.07) is 13.5. The second-order valence-corrected chi connectivity index (χ2v) is 3.79. The third kappa shape index (κ3) is 3.54. The molecule has 0 spiro atoms. The number of carboxylic acids is 1. The van der Waals surface area contributed by atoms with Crippen LogP contribution in [0, 0.1) is 11.3 Å². The molecule has 5 heteroatoms. The summed E-state index contributed by atoms with van der Waals surface area (Å²) in [4.78, 5) is 14.6. The van der Waals surface area contributed by atoms with Crippen molar-refractivity contribution in [3.8, 4) is 17.7 Å². The third-order valence-electron chi connectivity index (χ3n) is 2.31. The van der Waals surface area contributed by atoms with Crippen LogP contribution in [-0.4, -0.2) is 16.1 Å². The van der Waals surface area contributed by atoms with Crippen molar-refractivity contribution in [3.63, 3.8) is 0 Å². The molecule has 2 rings (SSSR count). The summed E-state index contributed by atoms with van der Waals surface area (Å²) in [5.41, 5.74) is 0.903. The van der Waals surface area contributed by atoms with Crippen LogP contribution < -0.4 is 4.74 Å². The number of aromatic nitrogens is 1. The predicted octanol–water partition coefficient (Wildman–Crippen LogP) is 2.37. The van der Waals surface area contributed by atoms with Crippen LogP contribution >= 0.6 is 0 Å². The minimum Gasteiger partial charge on any atom is -0.481 e. The molecule has 0 atom stereocenters. The van der Waals surface area contributed by atoms with E-state index < -0.39 is 5.97 Å². The first kappa shape index (κ1) is 12.6. The van der Waals surface area contributed by atoms with Crippen molar-refractivity contribution in [1.82, 2.24) is 4.98 Å². The van der Waals surface area contributed by atoms with Gasteiger partial charge in [0.2, 0.25) is 5.88 Å². The molecule has 2 aromatic rings. The summed E-state index contributed by atoms with van der Waals surface area (Å²) in [5, 5.41) is 17.5. The SMILES string of the molecule is N#Cc1cccc(Oc2cccc(CC(=O)O)c2)n1. The first-order chi connectivity index (χ1) is 9.17. The number of benzene rings is 1. The average Bonchev–Trinajstić information content (AvgIpc) is 2.38. The fraction of sp³-hybridized carbons (Fsp3) is 0.0714. The van der Waals surface area contributed by atoms with Gasteiger partial charge in [0.05, 0.1) is 6.42 Å². The number of nitriles is 1. The summed E-state index contributed by atoms with van der Waals surface area (Å²) in [6.07, 6.45) is -0.0666. The Morgan fingerprint density at radius 2 is 2.11 bits per heavy atom. The van der Waals surface area contributed by atoms with E-state index in [0.29, 0.717) is 17.2 Å². The summed E-state index contributed by atoms with van der Waals surface area (Å²) < 4.78 is 5.49. The number of hydrogen-bond acceptors (Lipinski definition) is 4. The van der Waals surface area contributed by atoms with E-state index in [4.69, 9.17) is 15.1 Å². The van der Waals surface area contributed by atoms with Crippen LogP contribution in [-0.2, 0) is 11.2 Å². The van der Waals surface area contributed by atoms with Crippen LogP contribution in [0.25, 0.3) is 0 Å². The molecule has 1 heterocycles. The van der Waals surface area contributed by atoms with Gasteiger partial charge in [0.1, 0.15) is 17.5 Å². The molecule has 0 aliphatic heterocycles. The molecule has 0 fully saturated rings. The predicted molar refractivity (Wildman–Crippen MR) is 66.8 cm³/mol. The van der Waals surface area contributed by atoms with Crippen molar-refractivity contribution in [2.24, 2.45) is 0 Å².